The van der Waals surface area contributed by atoms with Gasteiger partial charge in [0.25, 0.3) is 0 Å². The van der Waals surface area contributed by atoms with Crippen LogP contribution in [0.2, 0.25) is 0 Å². The number of hydrogen-bond acceptors (Lipinski definition) is 1. The van der Waals surface area contributed by atoms with E-state index in [0.29, 0.717) is 0 Å². The molecule has 0 saturated carbocycles. The Morgan fingerprint density at radius 3 is 1.85 bits per heavy atom. The van der Waals surface area contributed by atoms with Crippen LogP contribution in [-0.2, 0) is 0 Å². The lowest BCUT2D eigenvalue weighted by atomic mass is 9.85. The fraction of sp³-hybridized carbons (Fsp3) is 1.00. The minimum atomic E-state index is 0.836. The van der Waals surface area contributed by atoms with Gasteiger partial charge in [-0.25, -0.2) is 0 Å². The molecule has 13 heavy (non-hydrogen) atoms. The summed E-state index contributed by atoms with van der Waals surface area (Å²) in [7, 11) is 4.32. The van der Waals surface area contributed by atoms with Gasteiger partial charge in [-0.1, -0.05) is 27.7 Å². The van der Waals surface area contributed by atoms with Crippen molar-refractivity contribution in [2.75, 3.05) is 20.6 Å². The Morgan fingerprint density at radius 1 is 1.00 bits per heavy atom. The Labute approximate surface area is 84.5 Å². The van der Waals surface area contributed by atoms with Gasteiger partial charge in [0.1, 0.15) is 0 Å². The zero-order valence-electron chi connectivity index (χ0n) is 10.3. The molecule has 1 heteroatoms. The Balaban J connectivity index is 3.81. The molecule has 0 fully saturated rings. The van der Waals surface area contributed by atoms with Gasteiger partial charge in [-0.15, -0.1) is 0 Å². The summed E-state index contributed by atoms with van der Waals surface area (Å²) in [6, 6.07) is 0. The fourth-order valence-corrected chi connectivity index (χ4v) is 1.75. The van der Waals surface area contributed by atoms with Gasteiger partial charge in [-0.3, -0.25) is 0 Å². The molecule has 0 heterocycles. The van der Waals surface area contributed by atoms with Crippen molar-refractivity contribution in [3.8, 4) is 0 Å². The molecule has 0 spiro atoms. The van der Waals surface area contributed by atoms with Crippen molar-refractivity contribution < 1.29 is 0 Å². The van der Waals surface area contributed by atoms with Crippen LogP contribution in [0.1, 0.15) is 40.5 Å². The largest absolute Gasteiger partial charge is 0.309 e. The van der Waals surface area contributed by atoms with Crippen molar-refractivity contribution in [2.24, 2.45) is 17.8 Å². The molecule has 0 aromatic carbocycles. The maximum absolute atomic E-state index is 2.35. The Bertz CT molecular complexity index is 116. The molecule has 0 radical (unpaired) electrons. The average Bonchev–Trinajstić information content (AvgIpc) is 1.96. The predicted octanol–water partition coefficient (Wildman–Crippen LogP) is 3.26. The Kier molecular flexibility index (Phi) is 6.40. The molecular weight excluding hydrogens is 158 g/mol. The molecule has 0 aromatic rings. The van der Waals surface area contributed by atoms with Crippen LogP contribution in [-0.4, -0.2) is 25.5 Å². The summed E-state index contributed by atoms with van der Waals surface area (Å²) >= 11 is 0. The first kappa shape index (κ1) is 13.0. The van der Waals surface area contributed by atoms with E-state index in [-0.39, 0.29) is 0 Å². The minimum Gasteiger partial charge on any atom is -0.309 e. The van der Waals surface area contributed by atoms with E-state index in [1.165, 1.54) is 19.4 Å². The summed E-state index contributed by atoms with van der Waals surface area (Å²) in [4.78, 5) is 2.29. The highest BCUT2D eigenvalue weighted by atomic mass is 15.0. The third-order valence-electron chi connectivity index (χ3n) is 2.66. The third kappa shape index (κ3) is 7.06. The van der Waals surface area contributed by atoms with Crippen LogP contribution < -0.4 is 0 Å². The zero-order chi connectivity index (χ0) is 10.4. The van der Waals surface area contributed by atoms with Crippen LogP contribution in [0.25, 0.3) is 0 Å². The lowest BCUT2D eigenvalue weighted by Crippen LogP contribution is -2.20. The molecule has 0 amide bonds. The van der Waals surface area contributed by atoms with Gasteiger partial charge in [0.15, 0.2) is 0 Å². The standard InChI is InChI=1S/C12H27N/c1-10(2)9-12(11(3)4)7-8-13(5)6/h10-12H,7-9H2,1-6H3. The van der Waals surface area contributed by atoms with E-state index in [1.807, 2.05) is 0 Å². The molecule has 0 aliphatic carbocycles. The molecule has 0 saturated heterocycles. The Hall–Kier alpha value is -0.0400. The summed E-state index contributed by atoms with van der Waals surface area (Å²) in [5.74, 6) is 2.58. The fourth-order valence-electron chi connectivity index (χ4n) is 1.75. The van der Waals surface area contributed by atoms with E-state index in [0.717, 1.165) is 17.8 Å². The summed E-state index contributed by atoms with van der Waals surface area (Å²) < 4.78 is 0. The highest BCUT2D eigenvalue weighted by Crippen LogP contribution is 2.23. The molecule has 80 valence electrons. The highest BCUT2D eigenvalue weighted by molar-refractivity contribution is 4.66. The zero-order valence-corrected chi connectivity index (χ0v) is 10.3. The second kappa shape index (κ2) is 6.42. The van der Waals surface area contributed by atoms with Crippen molar-refractivity contribution in [3.05, 3.63) is 0 Å². The van der Waals surface area contributed by atoms with Gasteiger partial charge in [0, 0.05) is 0 Å². The van der Waals surface area contributed by atoms with Gasteiger partial charge in [0.05, 0.1) is 0 Å². The van der Waals surface area contributed by atoms with E-state index < -0.39 is 0 Å². The summed E-state index contributed by atoms with van der Waals surface area (Å²) in [6.45, 7) is 10.6. The number of rotatable bonds is 6. The lowest BCUT2D eigenvalue weighted by molar-refractivity contribution is 0.261. The van der Waals surface area contributed by atoms with Crippen molar-refractivity contribution >= 4 is 0 Å². The SMILES string of the molecule is CC(C)CC(CCN(C)C)C(C)C. The molecule has 1 unspecified atom stereocenters. The van der Waals surface area contributed by atoms with Gasteiger partial charge in [-0.2, -0.15) is 0 Å². The van der Waals surface area contributed by atoms with Crippen LogP contribution in [0.3, 0.4) is 0 Å². The van der Waals surface area contributed by atoms with E-state index in [1.54, 1.807) is 0 Å². The van der Waals surface area contributed by atoms with Crippen LogP contribution in [0, 0.1) is 17.8 Å². The van der Waals surface area contributed by atoms with Crippen LogP contribution in [0.4, 0.5) is 0 Å². The molecule has 1 atom stereocenters. The molecule has 0 aliphatic heterocycles. The van der Waals surface area contributed by atoms with Crippen molar-refractivity contribution in [1.82, 2.24) is 4.90 Å². The Morgan fingerprint density at radius 2 is 1.54 bits per heavy atom. The smallest absolute Gasteiger partial charge is 0.00221 e. The molecule has 1 nitrogen and oxygen atoms in total. The second-order valence-corrected chi connectivity index (χ2v) is 5.23. The third-order valence-corrected chi connectivity index (χ3v) is 2.66. The summed E-state index contributed by atoms with van der Waals surface area (Å²) in [6.07, 6.45) is 2.73. The number of hydrogen-bond donors (Lipinski definition) is 0. The van der Waals surface area contributed by atoms with Crippen LogP contribution >= 0.6 is 0 Å². The van der Waals surface area contributed by atoms with Crippen LogP contribution in [0.5, 0.6) is 0 Å². The van der Waals surface area contributed by atoms with Crippen molar-refractivity contribution in [1.29, 1.82) is 0 Å². The monoisotopic (exact) mass is 185 g/mol. The first-order valence-electron chi connectivity index (χ1n) is 5.58. The predicted molar refractivity (Wildman–Crippen MR) is 61.0 cm³/mol. The minimum absolute atomic E-state index is 0.836. The van der Waals surface area contributed by atoms with Crippen LogP contribution in [0.15, 0.2) is 0 Å². The lowest BCUT2D eigenvalue weighted by Gasteiger charge is -2.24. The normalized spacial score (nSPS) is 14.5. The maximum Gasteiger partial charge on any atom is -0.00221 e. The topological polar surface area (TPSA) is 3.24 Å². The summed E-state index contributed by atoms with van der Waals surface area (Å²) in [5, 5.41) is 0. The van der Waals surface area contributed by atoms with Crippen molar-refractivity contribution in [3.63, 3.8) is 0 Å². The van der Waals surface area contributed by atoms with E-state index in [4.69, 9.17) is 0 Å². The van der Waals surface area contributed by atoms with E-state index in [2.05, 4.69) is 46.7 Å². The first-order valence-corrected chi connectivity index (χ1v) is 5.58. The van der Waals surface area contributed by atoms with E-state index >= 15 is 0 Å². The second-order valence-electron chi connectivity index (χ2n) is 5.23. The maximum atomic E-state index is 2.35. The van der Waals surface area contributed by atoms with Gasteiger partial charge in [-0.05, 0) is 51.2 Å². The highest BCUT2D eigenvalue weighted by Gasteiger charge is 2.14. The molecule has 0 aromatic heterocycles. The quantitative estimate of drug-likeness (QED) is 0.614. The molecule has 0 N–H and O–H groups in total. The van der Waals surface area contributed by atoms with Gasteiger partial charge in [0.2, 0.25) is 0 Å². The summed E-state index contributed by atoms with van der Waals surface area (Å²) in [5.41, 5.74) is 0. The molecular formula is C12H27N. The van der Waals surface area contributed by atoms with Gasteiger partial charge < -0.3 is 4.90 Å². The molecule has 0 bridgehead atoms. The molecule has 0 rings (SSSR count). The average molecular weight is 185 g/mol. The first-order chi connectivity index (χ1) is 5.93. The molecule has 0 aliphatic rings. The van der Waals surface area contributed by atoms with E-state index in [9.17, 15) is 0 Å². The number of nitrogens with zero attached hydrogens (tertiary/aromatic N) is 1. The van der Waals surface area contributed by atoms with Crippen molar-refractivity contribution in [2.45, 2.75) is 40.5 Å². The van der Waals surface area contributed by atoms with Gasteiger partial charge >= 0.3 is 0 Å².